The molecule has 0 amide bonds. The lowest BCUT2D eigenvalue weighted by Crippen LogP contribution is -2.67. The van der Waals surface area contributed by atoms with Gasteiger partial charge in [0.1, 0.15) is 29.5 Å². The average Bonchev–Trinajstić information content (AvgIpc) is 3.12. The molecule has 0 radical (unpaired) electrons. The molecule has 3 saturated heterocycles. The van der Waals surface area contributed by atoms with Crippen molar-refractivity contribution < 1.29 is 59.1 Å². The number of likely N-dealkylation sites (N-methyl/N-ethyl adjacent to an activating group) is 1. The monoisotopic (exact) mass is 806 g/mol. The van der Waals surface area contributed by atoms with E-state index in [0.717, 1.165) is 6.42 Å². The highest BCUT2D eigenvalue weighted by Gasteiger charge is 2.57. The van der Waals surface area contributed by atoms with Crippen molar-refractivity contribution in [2.75, 3.05) is 40.3 Å². The Morgan fingerprint density at radius 3 is 2.18 bits per heavy atom. The van der Waals surface area contributed by atoms with Crippen LogP contribution in [0.1, 0.15) is 108 Å². The van der Waals surface area contributed by atoms with Crippen LogP contribution in [-0.2, 0) is 28.5 Å². The normalized spacial score (nSPS) is 47.9. The Kier molecular flexibility index (Phi) is 17.6. The molecular formula is C41H79N3O12. The van der Waals surface area contributed by atoms with Gasteiger partial charge in [0, 0.05) is 36.4 Å². The minimum absolute atomic E-state index is 0.0661. The van der Waals surface area contributed by atoms with Gasteiger partial charge in [-0.15, -0.1) is 0 Å². The van der Waals surface area contributed by atoms with Crippen LogP contribution in [0.25, 0.3) is 0 Å². The van der Waals surface area contributed by atoms with Gasteiger partial charge in [-0.2, -0.15) is 0 Å². The Hall–Kier alpha value is -1.05. The molecule has 0 unspecified atom stereocenters. The second-order valence-electron chi connectivity index (χ2n) is 18.5. The number of carbonyl (C=O) groups excluding carboxylic acids is 1. The van der Waals surface area contributed by atoms with Crippen LogP contribution in [0.5, 0.6) is 0 Å². The van der Waals surface area contributed by atoms with Crippen molar-refractivity contribution in [3.05, 3.63) is 0 Å². The predicted molar refractivity (Wildman–Crippen MR) is 211 cm³/mol. The first-order chi connectivity index (χ1) is 25.9. The Morgan fingerprint density at radius 1 is 0.964 bits per heavy atom. The van der Waals surface area contributed by atoms with E-state index < -0.39 is 95.3 Å². The molecular weight excluding hydrogens is 726 g/mol. The van der Waals surface area contributed by atoms with Crippen LogP contribution in [0, 0.1) is 23.2 Å². The summed E-state index contributed by atoms with van der Waals surface area (Å²) in [6.07, 6.45) is -6.96. The molecule has 3 rings (SSSR count). The van der Waals surface area contributed by atoms with E-state index in [1.807, 2.05) is 39.8 Å². The lowest BCUT2D eigenvalue weighted by molar-refractivity contribution is -0.326. The van der Waals surface area contributed by atoms with E-state index in [9.17, 15) is 35.4 Å². The Balaban J connectivity index is 2.16. The van der Waals surface area contributed by atoms with Gasteiger partial charge in [-0.3, -0.25) is 4.79 Å². The van der Waals surface area contributed by atoms with Crippen molar-refractivity contribution in [2.24, 2.45) is 23.2 Å². The van der Waals surface area contributed by atoms with E-state index >= 15 is 0 Å². The highest BCUT2D eigenvalue weighted by Crippen LogP contribution is 2.46. The summed E-state index contributed by atoms with van der Waals surface area (Å²) >= 11 is 0. The maximum Gasteiger partial charge on any atom is 0.311 e. The van der Waals surface area contributed by atoms with Crippen molar-refractivity contribution in [1.29, 1.82) is 0 Å². The molecule has 0 saturated carbocycles. The molecule has 3 aliphatic rings. The first kappa shape index (κ1) is 49.3. The number of ether oxygens (including phenoxy) is 5. The number of nitrogens with zero attached hydrogens (tertiary/aromatic N) is 1. The van der Waals surface area contributed by atoms with E-state index in [-0.39, 0.29) is 50.5 Å². The number of aliphatic hydroxyl groups is 6. The Bertz CT molecular complexity index is 1230. The van der Waals surface area contributed by atoms with Crippen molar-refractivity contribution in [3.8, 4) is 0 Å². The first-order valence-electron chi connectivity index (χ1n) is 21.0. The molecule has 18 atom stereocenters. The van der Waals surface area contributed by atoms with Gasteiger partial charge in [0.2, 0.25) is 0 Å². The zero-order chi connectivity index (χ0) is 42.6. The van der Waals surface area contributed by atoms with Gasteiger partial charge in [-0.1, -0.05) is 34.6 Å². The lowest BCUT2D eigenvalue weighted by Gasteiger charge is -2.54. The van der Waals surface area contributed by atoms with Crippen LogP contribution in [-0.4, -0.2) is 166 Å². The molecule has 0 aromatic carbocycles. The SMILES string of the molecule is CCCNC[C@]1(O)[C@H](C)O[C@@H](O[C@H]2[C@H](C)[C@@H](O[C@@H]3O[C@H](C)C[C@H](N(C)C)[C@H]3O)[C@@](C)(O)C[C@@H](C)CN[C@H](C)[C@@H](O)[C@](C)(O)[C@@H](CC)OC(=O)[C@@H]2C)C[C@@]1(C)CO. The van der Waals surface area contributed by atoms with Crippen molar-refractivity contribution >= 4 is 5.97 Å². The van der Waals surface area contributed by atoms with Gasteiger partial charge >= 0.3 is 5.97 Å². The number of aliphatic hydroxyl groups excluding tert-OH is 3. The van der Waals surface area contributed by atoms with Crippen LogP contribution < -0.4 is 10.6 Å². The summed E-state index contributed by atoms with van der Waals surface area (Å²) in [5.74, 6) is -2.74. The third-order valence-electron chi connectivity index (χ3n) is 13.1. The highest BCUT2D eigenvalue weighted by molar-refractivity contribution is 5.73. The Morgan fingerprint density at radius 2 is 1.61 bits per heavy atom. The number of rotatable bonds is 11. The molecule has 3 aliphatic heterocycles. The fourth-order valence-electron chi connectivity index (χ4n) is 9.29. The minimum Gasteiger partial charge on any atom is -0.459 e. The zero-order valence-electron chi connectivity index (χ0n) is 36.5. The maximum absolute atomic E-state index is 14.3. The number of hydrogen-bond donors (Lipinski definition) is 8. The first-order valence-corrected chi connectivity index (χ1v) is 21.0. The van der Waals surface area contributed by atoms with Gasteiger partial charge < -0.3 is 69.9 Å². The van der Waals surface area contributed by atoms with Crippen LogP contribution in [0.2, 0.25) is 0 Å². The smallest absolute Gasteiger partial charge is 0.311 e. The Labute approximate surface area is 336 Å². The topological polar surface area (TPSA) is 212 Å². The van der Waals surface area contributed by atoms with Crippen LogP contribution >= 0.6 is 0 Å². The number of cyclic esters (lactones) is 1. The quantitative estimate of drug-likeness (QED) is 0.110. The van der Waals surface area contributed by atoms with Crippen LogP contribution in [0.15, 0.2) is 0 Å². The van der Waals surface area contributed by atoms with Gasteiger partial charge in [-0.05, 0) is 100 Å². The van der Waals surface area contributed by atoms with Crippen molar-refractivity contribution in [2.45, 2.75) is 192 Å². The molecule has 56 heavy (non-hydrogen) atoms. The second-order valence-corrected chi connectivity index (χ2v) is 18.5. The second kappa shape index (κ2) is 20.0. The maximum atomic E-state index is 14.3. The standard InChI is InChI=1S/C41H79N3O12/c1-14-16-42-21-41(51)28(8)53-31(19-38(41,9)22-45)55-33-25(5)35(56-37-32(46)29(44(12)13)17-24(4)52-37)39(10,49)18-23(3)20-43-27(7)34(47)40(11,50)30(15-2)54-36(48)26(33)6/h23-35,37,42-43,45-47,49-51H,14-22H2,1-13H3/t23-,24-,25+,26-,27-,28+,29+,30-,31+,32-,33+,34-,35-,37+,38+,39+,40-,41+/m1/s1. The van der Waals surface area contributed by atoms with Crippen molar-refractivity contribution in [1.82, 2.24) is 15.5 Å². The molecule has 15 nitrogen and oxygen atoms in total. The molecule has 3 heterocycles. The molecule has 0 bridgehead atoms. The summed E-state index contributed by atoms with van der Waals surface area (Å²) in [4.78, 5) is 16.2. The van der Waals surface area contributed by atoms with Crippen LogP contribution in [0.3, 0.4) is 0 Å². The molecule has 8 N–H and O–H groups in total. The molecule has 330 valence electrons. The molecule has 3 fully saturated rings. The van der Waals surface area contributed by atoms with E-state index in [1.54, 1.807) is 48.5 Å². The lowest BCUT2D eigenvalue weighted by atomic mass is 9.66. The summed E-state index contributed by atoms with van der Waals surface area (Å²) < 4.78 is 32.2. The third-order valence-corrected chi connectivity index (χ3v) is 13.1. The number of nitrogens with one attached hydrogen (secondary N) is 2. The van der Waals surface area contributed by atoms with Gasteiger partial charge in [-0.25, -0.2) is 0 Å². The molecule has 0 aromatic rings. The summed E-state index contributed by atoms with van der Waals surface area (Å²) in [5.41, 5.74) is -5.95. The zero-order valence-corrected chi connectivity index (χ0v) is 36.5. The van der Waals surface area contributed by atoms with E-state index in [0.29, 0.717) is 19.5 Å². The van der Waals surface area contributed by atoms with E-state index in [2.05, 4.69) is 10.6 Å². The van der Waals surface area contributed by atoms with Crippen molar-refractivity contribution in [3.63, 3.8) is 0 Å². The fourth-order valence-corrected chi connectivity index (χ4v) is 9.29. The molecule has 0 aromatic heterocycles. The third kappa shape index (κ3) is 11.0. The fraction of sp³-hybridized carbons (Fsp3) is 0.976. The van der Waals surface area contributed by atoms with Crippen LogP contribution in [0.4, 0.5) is 0 Å². The number of esters is 1. The van der Waals surface area contributed by atoms with Gasteiger partial charge in [0.15, 0.2) is 12.6 Å². The molecule has 15 heteroatoms. The number of hydrogen-bond acceptors (Lipinski definition) is 15. The summed E-state index contributed by atoms with van der Waals surface area (Å²) in [5, 5.41) is 76.4. The summed E-state index contributed by atoms with van der Waals surface area (Å²) in [7, 11) is 3.76. The average molecular weight is 806 g/mol. The number of carbonyl (C=O) groups is 1. The largest absolute Gasteiger partial charge is 0.459 e. The molecule has 0 aliphatic carbocycles. The van der Waals surface area contributed by atoms with E-state index in [1.165, 1.54) is 6.92 Å². The minimum atomic E-state index is -1.83. The van der Waals surface area contributed by atoms with Gasteiger partial charge in [0.25, 0.3) is 0 Å². The molecule has 0 spiro atoms. The summed E-state index contributed by atoms with van der Waals surface area (Å²) in [6.45, 7) is 20.3. The predicted octanol–water partition coefficient (Wildman–Crippen LogP) is 1.52. The summed E-state index contributed by atoms with van der Waals surface area (Å²) in [6, 6.07) is -0.895. The van der Waals surface area contributed by atoms with Gasteiger partial charge in [0.05, 0.1) is 42.5 Å². The van der Waals surface area contributed by atoms with E-state index in [4.69, 9.17) is 23.7 Å². The highest BCUT2D eigenvalue weighted by atomic mass is 16.7.